The fraction of sp³-hybridized carbons (Fsp3) is 0.105. The quantitative estimate of drug-likeness (QED) is 0.485. The lowest BCUT2D eigenvalue weighted by Gasteiger charge is -2.26. The van der Waals surface area contributed by atoms with E-state index in [1.807, 2.05) is 0 Å². The van der Waals surface area contributed by atoms with Crippen molar-refractivity contribution in [1.29, 1.82) is 0 Å². The molecule has 25 heavy (non-hydrogen) atoms. The lowest BCUT2D eigenvalue weighted by Crippen LogP contribution is -2.26. The predicted octanol–water partition coefficient (Wildman–Crippen LogP) is 4.84. The van der Waals surface area contributed by atoms with Gasteiger partial charge in [0.25, 0.3) is 11.9 Å². The number of hydrogen-bond donors (Lipinski definition) is 0. The fourth-order valence-corrected chi connectivity index (χ4v) is 2.58. The molecule has 0 unspecified atom stereocenters. The molecule has 0 aliphatic heterocycles. The molecule has 0 bridgehead atoms. The number of anilines is 1. The molecule has 0 saturated carbocycles. The van der Waals surface area contributed by atoms with Gasteiger partial charge in [0, 0.05) is 13.1 Å². The Hall–Kier alpha value is -2.89. The molecule has 128 valence electrons. The van der Waals surface area contributed by atoms with Crippen LogP contribution in [0.15, 0.2) is 60.7 Å². The van der Waals surface area contributed by atoms with Gasteiger partial charge in [-0.05, 0) is 11.1 Å². The molecule has 1 aromatic heterocycles. The number of pyridine rings is 1. The predicted molar refractivity (Wildman–Crippen MR) is 86.8 cm³/mol. The van der Waals surface area contributed by atoms with Crippen molar-refractivity contribution in [1.82, 2.24) is 4.98 Å². The molecule has 0 fully saturated rings. The van der Waals surface area contributed by atoms with Crippen LogP contribution < -0.4 is 4.90 Å². The largest absolute Gasteiger partial charge is 0.358 e. The van der Waals surface area contributed by atoms with Crippen LogP contribution >= 0.6 is 0 Å². The van der Waals surface area contributed by atoms with E-state index in [1.54, 1.807) is 60.7 Å². The lowest BCUT2D eigenvalue weighted by atomic mass is 10.1. The van der Waals surface area contributed by atoms with Gasteiger partial charge >= 0.3 is 0 Å². The molecule has 2 aromatic carbocycles. The van der Waals surface area contributed by atoms with Crippen LogP contribution in [0.4, 0.5) is 23.2 Å². The molecule has 0 aliphatic rings. The van der Waals surface area contributed by atoms with Crippen molar-refractivity contribution in [3.8, 4) is 0 Å². The first-order valence-electron chi connectivity index (χ1n) is 7.59. The number of nitrogens with zero attached hydrogens (tertiary/aromatic N) is 2. The van der Waals surface area contributed by atoms with Gasteiger partial charge in [-0.3, -0.25) is 0 Å². The maximum absolute atomic E-state index is 14.2. The Morgan fingerprint density at radius 3 is 1.44 bits per heavy atom. The standard InChI is InChI=1S/C19H14F4N2/c20-15-17(16(21)19(23)24-18(15)22)25(11-13-7-3-1-4-8-13)12-14-9-5-2-6-10-14/h1-10H,11-12H2. The van der Waals surface area contributed by atoms with Gasteiger partial charge in [-0.25, -0.2) is 0 Å². The average molecular weight is 346 g/mol. The molecule has 0 amide bonds. The maximum Gasteiger partial charge on any atom is 0.253 e. The van der Waals surface area contributed by atoms with Crippen molar-refractivity contribution in [2.24, 2.45) is 0 Å². The normalized spacial score (nSPS) is 10.7. The van der Waals surface area contributed by atoms with E-state index in [0.717, 1.165) is 11.1 Å². The minimum Gasteiger partial charge on any atom is -0.358 e. The third-order valence-corrected chi connectivity index (χ3v) is 3.72. The first kappa shape index (κ1) is 17.0. The van der Waals surface area contributed by atoms with E-state index in [1.165, 1.54) is 4.90 Å². The Balaban J connectivity index is 2.05. The summed E-state index contributed by atoms with van der Waals surface area (Å²) >= 11 is 0. The van der Waals surface area contributed by atoms with Gasteiger partial charge < -0.3 is 4.90 Å². The monoisotopic (exact) mass is 346 g/mol. The second-order valence-electron chi connectivity index (χ2n) is 5.50. The van der Waals surface area contributed by atoms with Crippen LogP contribution in [-0.4, -0.2) is 4.98 Å². The van der Waals surface area contributed by atoms with E-state index in [4.69, 9.17) is 0 Å². The van der Waals surface area contributed by atoms with E-state index in [2.05, 4.69) is 4.98 Å². The SMILES string of the molecule is Fc1nc(F)c(F)c(N(Cc2ccccc2)Cc2ccccc2)c1F. The highest BCUT2D eigenvalue weighted by Crippen LogP contribution is 2.29. The van der Waals surface area contributed by atoms with Gasteiger partial charge in [-0.2, -0.15) is 22.5 Å². The van der Waals surface area contributed by atoms with Gasteiger partial charge in [-0.15, -0.1) is 0 Å². The van der Waals surface area contributed by atoms with Crippen LogP contribution in [0.2, 0.25) is 0 Å². The van der Waals surface area contributed by atoms with Gasteiger partial charge in [0.1, 0.15) is 5.69 Å². The number of halogens is 4. The van der Waals surface area contributed by atoms with Gasteiger partial charge in [0.15, 0.2) is 0 Å². The van der Waals surface area contributed by atoms with Crippen molar-refractivity contribution < 1.29 is 17.6 Å². The zero-order valence-corrected chi connectivity index (χ0v) is 13.1. The van der Waals surface area contributed by atoms with Crippen molar-refractivity contribution in [2.45, 2.75) is 13.1 Å². The lowest BCUT2D eigenvalue weighted by molar-refractivity contribution is 0.405. The second kappa shape index (κ2) is 7.34. The molecule has 0 aliphatic carbocycles. The topological polar surface area (TPSA) is 16.1 Å². The van der Waals surface area contributed by atoms with Gasteiger partial charge in [-0.1, -0.05) is 60.7 Å². The second-order valence-corrected chi connectivity index (χ2v) is 5.50. The molecular formula is C19H14F4N2. The summed E-state index contributed by atoms with van der Waals surface area (Å²) in [6, 6.07) is 17.8. The zero-order chi connectivity index (χ0) is 17.8. The summed E-state index contributed by atoms with van der Waals surface area (Å²) in [5, 5.41) is 0. The summed E-state index contributed by atoms with van der Waals surface area (Å²) < 4.78 is 55.5. The maximum atomic E-state index is 14.2. The molecule has 0 atom stereocenters. The highest BCUT2D eigenvalue weighted by atomic mass is 19.2. The molecular weight excluding hydrogens is 332 g/mol. The van der Waals surface area contributed by atoms with Crippen LogP contribution in [0.5, 0.6) is 0 Å². The van der Waals surface area contributed by atoms with Crippen LogP contribution in [0.1, 0.15) is 11.1 Å². The summed E-state index contributed by atoms with van der Waals surface area (Å²) in [4.78, 5) is 3.87. The highest BCUT2D eigenvalue weighted by Gasteiger charge is 2.25. The van der Waals surface area contributed by atoms with Crippen molar-refractivity contribution in [2.75, 3.05) is 4.90 Å². The summed E-state index contributed by atoms with van der Waals surface area (Å²) in [7, 11) is 0. The van der Waals surface area contributed by atoms with E-state index < -0.39 is 29.2 Å². The molecule has 6 heteroatoms. The summed E-state index contributed by atoms with van der Waals surface area (Å²) in [6.07, 6.45) is 0. The van der Waals surface area contributed by atoms with Crippen LogP contribution in [-0.2, 0) is 13.1 Å². The number of hydrogen-bond acceptors (Lipinski definition) is 2. The fourth-order valence-electron chi connectivity index (χ4n) is 2.58. The third-order valence-electron chi connectivity index (χ3n) is 3.72. The summed E-state index contributed by atoms with van der Waals surface area (Å²) in [6.45, 7) is 0.152. The average Bonchev–Trinajstić information content (AvgIpc) is 2.62. The molecule has 3 rings (SSSR count). The molecule has 0 spiro atoms. The Labute approximate surface area is 142 Å². The minimum atomic E-state index is -1.67. The van der Waals surface area contributed by atoms with E-state index in [-0.39, 0.29) is 13.1 Å². The van der Waals surface area contributed by atoms with E-state index in [9.17, 15) is 17.6 Å². The molecule has 0 saturated heterocycles. The number of rotatable bonds is 5. The zero-order valence-electron chi connectivity index (χ0n) is 13.1. The smallest absolute Gasteiger partial charge is 0.253 e. The van der Waals surface area contributed by atoms with Crippen molar-refractivity contribution >= 4 is 5.69 Å². The van der Waals surface area contributed by atoms with Crippen LogP contribution in [0.3, 0.4) is 0 Å². The molecule has 0 radical (unpaired) electrons. The Bertz CT molecular complexity index is 787. The first-order chi connectivity index (χ1) is 12.1. The molecule has 1 heterocycles. The van der Waals surface area contributed by atoms with Crippen LogP contribution in [0.25, 0.3) is 0 Å². The van der Waals surface area contributed by atoms with E-state index in [0.29, 0.717) is 0 Å². The number of aromatic nitrogens is 1. The minimum absolute atomic E-state index is 0.0759. The third kappa shape index (κ3) is 3.79. The summed E-state index contributed by atoms with van der Waals surface area (Å²) in [5.74, 6) is -6.35. The van der Waals surface area contributed by atoms with Crippen LogP contribution in [0, 0.1) is 23.5 Å². The van der Waals surface area contributed by atoms with Crippen molar-refractivity contribution in [3.05, 3.63) is 95.3 Å². The number of benzene rings is 2. The molecule has 2 nitrogen and oxygen atoms in total. The van der Waals surface area contributed by atoms with Gasteiger partial charge in [0.05, 0.1) is 0 Å². The Morgan fingerprint density at radius 2 is 1.04 bits per heavy atom. The Kier molecular flexibility index (Phi) is 4.97. The van der Waals surface area contributed by atoms with Crippen molar-refractivity contribution in [3.63, 3.8) is 0 Å². The Morgan fingerprint density at radius 1 is 0.640 bits per heavy atom. The van der Waals surface area contributed by atoms with Gasteiger partial charge in [0.2, 0.25) is 11.6 Å². The van der Waals surface area contributed by atoms with E-state index >= 15 is 0 Å². The highest BCUT2D eigenvalue weighted by molar-refractivity contribution is 5.49. The molecule has 3 aromatic rings. The molecule has 0 N–H and O–H groups in total. The first-order valence-corrected chi connectivity index (χ1v) is 7.59. The summed E-state index contributed by atoms with van der Waals surface area (Å²) in [5.41, 5.74) is 0.724.